The molecular formula is C15H26N2O3. The summed E-state index contributed by atoms with van der Waals surface area (Å²) in [5.41, 5.74) is -0.198. The Morgan fingerprint density at radius 2 is 2.00 bits per heavy atom. The van der Waals surface area contributed by atoms with Crippen molar-refractivity contribution in [2.24, 2.45) is 17.3 Å². The Bertz CT molecular complexity index is 379. The maximum absolute atomic E-state index is 12.2. The molecule has 0 aromatic rings. The second-order valence-corrected chi connectivity index (χ2v) is 6.77. The summed E-state index contributed by atoms with van der Waals surface area (Å²) < 4.78 is 0. The molecule has 2 rings (SSSR count). The number of carboxylic acid groups (broad SMARTS) is 1. The average molecular weight is 282 g/mol. The van der Waals surface area contributed by atoms with E-state index in [0.717, 1.165) is 38.8 Å². The highest BCUT2D eigenvalue weighted by Crippen LogP contribution is 2.43. The second-order valence-electron chi connectivity index (χ2n) is 6.77. The average Bonchev–Trinajstić information content (AvgIpc) is 2.35. The number of nitrogens with one attached hydrogen (secondary N) is 1. The van der Waals surface area contributed by atoms with E-state index in [4.69, 9.17) is 5.11 Å². The third kappa shape index (κ3) is 3.44. The van der Waals surface area contributed by atoms with Crippen LogP contribution < -0.4 is 5.32 Å². The van der Waals surface area contributed by atoms with E-state index >= 15 is 0 Å². The van der Waals surface area contributed by atoms with E-state index in [0.29, 0.717) is 18.4 Å². The van der Waals surface area contributed by atoms with Gasteiger partial charge in [-0.15, -0.1) is 0 Å². The van der Waals surface area contributed by atoms with Gasteiger partial charge in [0.2, 0.25) is 0 Å². The zero-order valence-electron chi connectivity index (χ0n) is 12.5. The Kier molecular flexibility index (Phi) is 4.55. The minimum absolute atomic E-state index is 0.0274. The smallest absolute Gasteiger partial charge is 0.317 e. The second kappa shape index (κ2) is 6.02. The Morgan fingerprint density at radius 3 is 2.50 bits per heavy atom. The zero-order valence-corrected chi connectivity index (χ0v) is 12.5. The normalized spacial score (nSPS) is 28.6. The molecule has 1 aliphatic heterocycles. The van der Waals surface area contributed by atoms with E-state index in [-0.39, 0.29) is 17.9 Å². The molecule has 0 radical (unpaired) electrons. The van der Waals surface area contributed by atoms with Crippen molar-refractivity contribution in [3.05, 3.63) is 0 Å². The molecule has 20 heavy (non-hydrogen) atoms. The summed E-state index contributed by atoms with van der Waals surface area (Å²) in [6, 6.07) is -0.0274. The van der Waals surface area contributed by atoms with Gasteiger partial charge in [-0.05, 0) is 36.5 Å². The van der Waals surface area contributed by atoms with Crippen molar-refractivity contribution < 1.29 is 14.7 Å². The fourth-order valence-corrected chi connectivity index (χ4v) is 3.24. The first-order valence-corrected chi connectivity index (χ1v) is 7.66. The predicted molar refractivity (Wildman–Crippen MR) is 76.5 cm³/mol. The molecule has 0 aromatic carbocycles. The first-order chi connectivity index (χ1) is 9.42. The highest BCUT2D eigenvalue weighted by atomic mass is 16.4. The number of likely N-dealkylation sites (tertiary alicyclic amines) is 1. The number of piperidine rings is 1. The van der Waals surface area contributed by atoms with E-state index in [9.17, 15) is 9.59 Å². The Hall–Kier alpha value is -1.26. The van der Waals surface area contributed by atoms with Crippen LogP contribution in [0.3, 0.4) is 0 Å². The Balaban J connectivity index is 1.81. The van der Waals surface area contributed by atoms with Gasteiger partial charge >= 0.3 is 12.0 Å². The summed E-state index contributed by atoms with van der Waals surface area (Å²) in [5.74, 6) is 0.439. The number of rotatable bonds is 4. The highest BCUT2D eigenvalue weighted by Gasteiger charge is 2.39. The van der Waals surface area contributed by atoms with Crippen LogP contribution in [0.5, 0.6) is 0 Å². The van der Waals surface area contributed by atoms with Gasteiger partial charge < -0.3 is 15.3 Å². The fourth-order valence-electron chi connectivity index (χ4n) is 3.24. The number of aliphatic carboxylic acids is 1. The third-order valence-corrected chi connectivity index (χ3v) is 5.18. The number of hydrogen-bond acceptors (Lipinski definition) is 2. The van der Waals surface area contributed by atoms with Gasteiger partial charge in [0.05, 0.1) is 6.42 Å². The summed E-state index contributed by atoms with van der Waals surface area (Å²) in [6.07, 6.45) is 4.11. The van der Waals surface area contributed by atoms with Gasteiger partial charge in [0.15, 0.2) is 0 Å². The number of hydrogen-bond donors (Lipinski definition) is 2. The van der Waals surface area contributed by atoms with Crippen LogP contribution in [-0.4, -0.2) is 41.6 Å². The molecule has 1 heterocycles. The predicted octanol–water partition coefficient (Wildman–Crippen LogP) is 2.32. The van der Waals surface area contributed by atoms with Crippen molar-refractivity contribution in [2.45, 2.75) is 46.0 Å². The van der Waals surface area contributed by atoms with Gasteiger partial charge in [-0.2, -0.15) is 0 Å². The third-order valence-electron chi connectivity index (χ3n) is 5.18. The summed E-state index contributed by atoms with van der Waals surface area (Å²) in [5, 5.41) is 11.9. The Morgan fingerprint density at radius 1 is 1.30 bits per heavy atom. The molecule has 2 N–H and O–H groups in total. The number of carbonyl (C=O) groups excluding carboxylic acids is 1. The van der Waals surface area contributed by atoms with E-state index < -0.39 is 5.97 Å². The monoisotopic (exact) mass is 282 g/mol. The summed E-state index contributed by atoms with van der Waals surface area (Å²) in [6.45, 7) is 6.53. The van der Waals surface area contributed by atoms with Crippen molar-refractivity contribution in [3.8, 4) is 0 Å². The van der Waals surface area contributed by atoms with E-state index in [2.05, 4.69) is 19.2 Å². The molecule has 2 aliphatic rings. The molecule has 114 valence electrons. The lowest BCUT2D eigenvalue weighted by Gasteiger charge is -2.42. The van der Waals surface area contributed by atoms with Gasteiger partial charge in [-0.25, -0.2) is 4.79 Å². The van der Waals surface area contributed by atoms with E-state index in [1.54, 1.807) is 0 Å². The van der Waals surface area contributed by atoms with Gasteiger partial charge in [-0.1, -0.05) is 20.3 Å². The minimum Gasteiger partial charge on any atom is -0.481 e. The van der Waals surface area contributed by atoms with Gasteiger partial charge in [0, 0.05) is 19.6 Å². The molecule has 5 nitrogen and oxygen atoms in total. The van der Waals surface area contributed by atoms with Crippen molar-refractivity contribution in [1.82, 2.24) is 10.2 Å². The number of carbonyl (C=O) groups is 2. The number of amides is 2. The van der Waals surface area contributed by atoms with E-state index in [1.165, 1.54) is 0 Å². The minimum atomic E-state index is -0.764. The molecule has 1 aliphatic carbocycles. The summed E-state index contributed by atoms with van der Waals surface area (Å²) >= 11 is 0. The van der Waals surface area contributed by atoms with Gasteiger partial charge in [-0.3, -0.25) is 4.79 Å². The maximum Gasteiger partial charge on any atom is 0.317 e. The van der Waals surface area contributed by atoms with Gasteiger partial charge in [0.25, 0.3) is 0 Å². The molecule has 0 bridgehead atoms. The van der Waals surface area contributed by atoms with Crippen LogP contribution in [0.1, 0.15) is 46.0 Å². The lowest BCUT2D eigenvalue weighted by atomic mass is 9.66. The molecule has 0 aromatic heterocycles. The molecule has 2 unspecified atom stereocenters. The SMILES string of the molecule is CC1CCN(C(=O)NCC2(CC(=O)O)CCC2)CC1C. The van der Waals surface area contributed by atoms with Crippen LogP contribution in [0.25, 0.3) is 0 Å². The quantitative estimate of drug-likeness (QED) is 0.831. The molecule has 2 amide bonds. The van der Waals surface area contributed by atoms with Crippen molar-refractivity contribution in [1.29, 1.82) is 0 Å². The molecule has 1 saturated heterocycles. The van der Waals surface area contributed by atoms with Crippen LogP contribution in [-0.2, 0) is 4.79 Å². The molecule has 1 saturated carbocycles. The maximum atomic E-state index is 12.2. The summed E-state index contributed by atoms with van der Waals surface area (Å²) in [4.78, 5) is 25.0. The lowest BCUT2D eigenvalue weighted by Crippen LogP contribution is -2.51. The van der Waals surface area contributed by atoms with Crippen LogP contribution in [0, 0.1) is 17.3 Å². The van der Waals surface area contributed by atoms with Crippen molar-refractivity contribution in [3.63, 3.8) is 0 Å². The largest absolute Gasteiger partial charge is 0.481 e. The number of nitrogens with zero attached hydrogens (tertiary/aromatic N) is 1. The van der Waals surface area contributed by atoms with Crippen LogP contribution in [0.15, 0.2) is 0 Å². The van der Waals surface area contributed by atoms with Crippen LogP contribution in [0.4, 0.5) is 4.79 Å². The molecular weight excluding hydrogens is 256 g/mol. The molecule has 0 spiro atoms. The summed E-state index contributed by atoms with van der Waals surface area (Å²) in [7, 11) is 0. The number of urea groups is 1. The topological polar surface area (TPSA) is 69.6 Å². The van der Waals surface area contributed by atoms with Crippen LogP contribution in [0.2, 0.25) is 0 Å². The van der Waals surface area contributed by atoms with Crippen molar-refractivity contribution in [2.75, 3.05) is 19.6 Å². The van der Waals surface area contributed by atoms with Crippen molar-refractivity contribution >= 4 is 12.0 Å². The molecule has 2 atom stereocenters. The standard InChI is InChI=1S/C15H26N2O3/c1-11-4-7-17(9-12(11)2)14(20)16-10-15(5-3-6-15)8-13(18)19/h11-12H,3-10H2,1-2H3,(H,16,20)(H,18,19). The lowest BCUT2D eigenvalue weighted by molar-refractivity contribution is -0.141. The molecule has 5 heteroatoms. The fraction of sp³-hybridized carbons (Fsp3) is 0.867. The first-order valence-electron chi connectivity index (χ1n) is 7.66. The van der Waals surface area contributed by atoms with Crippen LogP contribution >= 0.6 is 0 Å². The highest BCUT2D eigenvalue weighted by molar-refractivity contribution is 5.74. The first kappa shape index (κ1) is 15.1. The molecule has 2 fully saturated rings. The van der Waals surface area contributed by atoms with E-state index in [1.807, 2.05) is 4.90 Å². The zero-order chi connectivity index (χ0) is 14.8. The number of carboxylic acids is 1. The van der Waals surface area contributed by atoms with Gasteiger partial charge in [0.1, 0.15) is 0 Å². The Labute approximate surface area is 120 Å².